The Morgan fingerprint density at radius 3 is 2.74 bits per heavy atom. The molecule has 19 heavy (non-hydrogen) atoms. The predicted molar refractivity (Wildman–Crippen MR) is 79.0 cm³/mol. The minimum absolute atomic E-state index is 0. The molecule has 2 rings (SSSR count). The maximum atomic E-state index is 13.3. The van der Waals surface area contributed by atoms with Crippen LogP contribution in [-0.2, 0) is 0 Å². The van der Waals surface area contributed by atoms with E-state index in [0.29, 0.717) is 29.0 Å². The summed E-state index contributed by atoms with van der Waals surface area (Å²) >= 11 is 3.20. The summed E-state index contributed by atoms with van der Waals surface area (Å²) < 4.78 is 13.9. The molecule has 0 saturated carbocycles. The fourth-order valence-corrected chi connectivity index (χ4v) is 2.90. The van der Waals surface area contributed by atoms with Gasteiger partial charge in [-0.3, -0.25) is 4.79 Å². The van der Waals surface area contributed by atoms with E-state index in [2.05, 4.69) is 15.9 Å². The summed E-state index contributed by atoms with van der Waals surface area (Å²) in [6.07, 6.45) is 0.915. The smallest absolute Gasteiger partial charge is 0.254 e. The standard InChI is InChI=1S/C13H16BrFN2O.ClH/c1-8-2-9(6-16)7-17(8)13(18)10-3-11(14)5-12(15)4-10;/h3-5,8-9H,2,6-7,16H2,1H3;1H. The molecule has 1 aromatic rings. The molecule has 1 amide bonds. The van der Waals surface area contributed by atoms with Crippen LogP contribution in [0.15, 0.2) is 22.7 Å². The third-order valence-electron chi connectivity index (χ3n) is 3.37. The zero-order valence-corrected chi connectivity index (χ0v) is 13.0. The molecule has 1 heterocycles. The number of halogens is 3. The van der Waals surface area contributed by atoms with Crippen molar-refractivity contribution < 1.29 is 9.18 Å². The fourth-order valence-electron chi connectivity index (χ4n) is 2.44. The van der Waals surface area contributed by atoms with Gasteiger partial charge in [0.05, 0.1) is 0 Å². The van der Waals surface area contributed by atoms with Gasteiger partial charge in [-0.05, 0) is 44.0 Å². The average Bonchev–Trinajstić information content (AvgIpc) is 2.68. The van der Waals surface area contributed by atoms with Crippen LogP contribution in [0, 0.1) is 11.7 Å². The fraction of sp³-hybridized carbons (Fsp3) is 0.462. The summed E-state index contributed by atoms with van der Waals surface area (Å²) in [5.41, 5.74) is 6.02. The summed E-state index contributed by atoms with van der Waals surface area (Å²) in [7, 11) is 0. The van der Waals surface area contributed by atoms with Crippen molar-refractivity contribution in [2.75, 3.05) is 13.1 Å². The molecule has 2 N–H and O–H groups in total. The van der Waals surface area contributed by atoms with Crippen molar-refractivity contribution in [2.24, 2.45) is 11.7 Å². The quantitative estimate of drug-likeness (QED) is 0.890. The van der Waals surface area contributed by atoms with Crippen LogP contribution in [0.4, 0.5) is 4.39 Å². The van der Waals surface area contributed by atoms with Crippen molar-refractivity contribution in [1.29, 1.82) is 0 Å². The zero-order chi connectivity index (χ0) is 13.3. The summed E-state index contributed by atoms with van der Waals surface area (Å²) in [5, 5.41) is 0. The van der Waals surface area contributed by atoms with Crippen LogP contribution in [0.1, 0.15) is 23.7 Å². The average molecular weight is 352 g/mol. The van der Waals surface area contributed by atoms with Crippen molar-refractivity contribution in [3.63, 3.8) is 0 Å². The second-order valence-electron chi connectivity index (χ2n) is 4.80. The molecule has 1 saturated heterocycles. The van der Waals surface area contributed by atoms with Gasteiger partial charge in [0.1, 0.15) is 5.82 Å². The van der Waals surface area contributed by atoms with Crippen LogP contribution in [0.2, 0.25) is 0 Å². The molecule has 2 unspecified atom stereocenters. The molecule has 3 nitrogen and oxygen atoms in total. The van der Waals surface area contributed by atoms with Gasteiger partial charge in [-0.25, -0.2) is 4.39 Å². The van der Waals surface area contributed by atoms with Crippen LogP contribution in [0.3, 0.4) is 0 Å². The molecular formula is C13H17BrClFN2O. The van der Waals surface area contributed by atoms with Crippen LogP contribution in [0.5, 0.6) is 0 Å². The number of likely N-dealkylation sites (tertiary alicyclic amines) is 1. The first kappa shape index (κ1) is 16.4. The highest BCUT2D eigenvalue weighted by atomic mass is 79.9. The molecule has 0 aliphatic carbocycles. The molecule has 0 bridgehead atoms. The van der Waals surface area contributed by atoms with Gasteiger partial charge in [0, 0.05) is 22.6 Å². The summed E-state index contributed by atoms with van der Waals surface area (Å²) in [5.74, 6) is -0.186. The monoisotopic (exact) mass is 350 g/mol. The molecule has 0 spiro atoms. The molecule has 1 aromatic carbocycles. The van der Waals surface area contributed by atoms with E-state index in [1.165, 1.54) is 12.1 Å². The second-order valence-corrected chi connectivity index (χ2v) is 5.72. The van der Waals surface area contributed by atoms with Crippen LogP contribution < -0.4 is 5.73 Å². The molecule has 1 aliphatic rings. The summed E-state index contributed by atoms with van der Waals surface area (Å²) in [4.78, 5) is 14.1. The Labute approximate surface area is 126 Å². The van der Waals surface area contributed by atoms with Crippen LogP contribution in [-0.4, -0.2) is 29.9 Å². The van der Waals surface area contributed by atoms with Gasteiger partial charge in [-0.2, -0.15) is 0 Å². The van der Waals surface area contributed by atoms with Gasteiger partial charge in [-0.1, -0.05) is 15.9 Å². The molecule has 0 radical (unpaired) electrons. The number of nitrogens with zero attached hydrogens (tertiary/aromatic N) is 1. The minimum atomic E-state index is -0.407. The first-order chi connectivity index (χ1) is 8.51. The van der Waals surface area contributed by atoms with Gasteiger partial charge >= 0.3 is 0 Å². The van der Waals surface area contributed by atoms with E-state index in [0.717, 1.165) is 6.42 Å². The summed E-state index contributed by atoms with van der Waals surface area (Å²) in [6.45, 7) is 3.24. The van der Waals surface area contributed by atoms with E-state index >= 15 is 0 Å². The molecule has 0 aromatic heterocycles. The largest absolute Gasteiger partial charge is 0.336 e. The Bertz CT molecular complexity index is 452. The lowest BCUT2D eigenvalue weighted by molar-refractivity contribution is 0.0743. The zero-order valence-electron chi connectivity index (χ0n) is 10.6. The highest BCUT2D eigenvalue weighted by Crippen LogP contribution is 2.25. The predicted octanol–water partition coefficient (Wildman–Crippen LogP) is 2.82. The van der Waals surface area contributed by atoms with Gasteiger partial charge in [0.15, 0.2) is 0 Å². The Morgan fingerprint density at radius 1 is 1.53 bits per heavy atom. The van der Waals surface area contributed by atoms with E-state index in [1.807, 2.05) is 6.92 Å². The van der Waals surface area contributed by atoms with E-state index < -0.39 is 5.82 Å². The van der Waals surface area contributed by atoms with Crippen molar-refractivity contribution in [3.8, 4) is 0 Å². The van der Waals surface area contributed by atoms with E-state index in [9.17, 15) is 9.18 Å². The first-order valence-corrected chi connectivity index (χ1v) is 6.77. The van der Waals surface area contributed by atoms with Gasteiger partial charge in [0.2, 0.25) is 0 Å². The lowest BCUT2D eigenvalue weighted by atomic mass is 10.1. The van der Waals surface area contributed by atoms with Gasteiger partial charge < -0.3 is 10.6 Å². The number of amides is 1. The highest BCUT2D eigenvalue weighted by Gasteiger charge is 2.32. The van der Waals surface area contributed by atoms with Crippen molar-refractivity contribution in [3.05, 3.63) is 34.1 Å². The van der Waals surface area contributed by atoms with E-state index in [1.54, 1.807) is 11.0 Å². The van der Waals surface area contributed by atoms with Crippen LogP contribution >= 0.6 is 28.3 Å². The molecule has 6 heteroatoms. The number of carbonyl (C=O) groups is 1. The number of rotatable bonds is 2. The topological polar surface area (TPSA) is 46.3 Å². The number of hydrogen-bond acceptors (Lipinski definition) is 2. The van der Waals surface area contributed by atoms with Gasteiger partial charge in [-0.15, -0.1) is 12.4 Å². The lowest BCUT2D eigenvalue weighted by Crippen LogP contribution is -2.34. The Morgan fingerprint density at radius 2 is 2.21 bits per heavy atom. The van der Waals surface area contributed by atoms with E-state index in [4.69, 9.17) is 5.73 Å². The number of benzene rings is 1. The maximum absolute atomic E-state index is 13.3. The molecular weight excluding hydrogens is 335 g/mol. The SMILES string of the molecule is CC1CC(CN)CN1C(=O)c1cc(F)cc(Br)c1.Cl. The molecule has 1 aliphatic heterocycles. The van der Waals surface area contributed by atoms with Crippen molar-refractivity contribution >= 4 is 34.2 Å². The second kappa shape index (κ2) is 6.68. The maximum Gasteiger partial charge on any atom is 0.254 e. The van der Waals surface area contributed by atoms with E-state index in [-0.39, 0.29) is 24.4 Å². The number of carbonyl (C=O) groups excluding carboxylic acids is 1. The normalized spacial score (nSPS) is 22.2. The third kappa shape index (κ3) is 3.68. The number of hydrogen-bond donors (Lipinski definition) is 1. The van der Waals surface area contributed by atoms with Crippen molar-refractivity contribution in [1.82, 2.24) is 4.90 Å². The first-order valence-electron chi connectivity index (χ1n) is 5.98. The highest BCUT2D eigenvalue weighted by molar-refractivity contribution is 9.10. The van der Waals surface area contributed by atoms with Crippen LogP contribution in [0.25, 0.3) is 0 Å². The van der Waals surface area contributed by atoms with Crippen molar-refractivity contribution in [2.45, 2.75) is 19.4 Å². The van der Waals surface area contributed by atoms with Gasteiger partial charge in [0.25, 0.3) is 5.91 Å². The molecule has 106 valence electrons. The Balaban J connectivity index is 0.00000180. The summed E-state index contributed by atoms with van der Waals surface area (Å²) in [6, 6.07) is 4.42. The molecule has 1 fully saturated rings. The number of nitrogens with two attached hydrogens (primary N) is 1. The Kier molecular flexibility index (Phi) is 5.77. The molecule has 2 atom stereocenters. The Hall–Kier alpha value is -0.650. The minimum Gasteiger partial charge on any atom is -0.336 e. The third-order valence-corrected chi connectivity index (χ3v) is 3.82. The lowest BCUT2D eigenvalue weighted by Gasteiger charge is -2.21.